The van der Waals surface area contributed by atoms with E-state index in [1.165, 1.54) is 0 Å². The largest absolute Gasteiger partial charge is 0.338 e. The molecule has 0 aliphatic carbocycles. The number of hydrogen-bond donors (Lipinski definition) is 1. The number of hydrogen-bond acceptors (Lipinski definition) is 4. The van der Waals surface area contributed by atoms with E-state index in [0.717, 1.165) is 39.0 Å². The van der Waals surface area contributed by atoms with E-state index in [9.17, 15) is 4.79 Å². The van der Waals surface area contributed by atoms with Gasteiger partial charge in [0.25, 0.3) is 5.91 Å². The Labute approximate surface area is 121 Å². The van der Waals surface area contributed by atoms with Crippen LogP contribution in [0.5, 0.6) is 0 Å². The van der Waals surface area contributed by atoms with Gasteiger partial charge in [0, 0.05) is 19.3 Å². The third-order valence-electron chi connectivity index (χ3n) is 3.10. The number of nitrogens with one attached hydrogen (secondary N) is 1. The zero-order valence-corrected chi connectivity index (χ0v) is 13.1. The van der Waals surface area contributed by atoms with Gasteiger partial charge in [0.15, 0.2) is 0 Å². The summed E-state index contributed by atoms with van der Waals surface area (Å²) in [7, 11) is 8.20. The van der Waals surface area contributed by atoms with Crippen LogP contribution in [0.4, 0.5) is 0 Å². The molecule has 0 aliphatic rings. The summed E-state index contributed by atoms with van der Waals surface area (Å²) in [5.74, 6) is 0.0660. The monoisotopic (exact) mass is 281 g/mol. The Bertz CT molecular complexity index is 361. The first kappa shape index (κ1) is 16.7. The van der Waals surface area contributed by atoms with Gasteiger partial charge in [-0.05, 0) is 54.1 Å². The quantitative estimate of drug-likeness (QED) is 0.726. The second-order valence-electron chi connectivity index (χ2n) is 5.59. The van der Waals surface area contributed by atoms with Crippen LogP contribution in [0.2, 0.25) is 0 Å². The molecule has 6 nitrogen and oxygen atoms in total. The Morgan fingerprint density at radius 3 is 2.00 bits per heavy atom. The number of aromatic amines is 1. The summed E-state index contributed by atoms with van der Waals surface area (Å²) in [6.07, 6.45) is 5.22. The topological polar surface area (TPSA) is 55.5 Å². The Balaban J connectivity index is 2.51. The van der Waals surface area contributed by atoms with Crippen LogP contribution in [0, 0.1) is 0 Å². The molecule has 114 valence electrons. The molecule has 0 atom stereocenters. The van der Waals surface area contributed by atoms with E-state index in [1.807, 2.05) is 33.1 Å². The van der Waals surface area contributed by atoms with Crippen LogP contribution in [0.3, 0.4) is 0 Å². The Kier molecular flexibility index (Phi) is 7.25. The van der Waals surface area contributed by atoms with Crippen molar-refractivity contribution < 1.29 is 4.79 Å². The lowest BCUT2D eigenvalue weighted by molar-refractivity contribution is 0.0745. The smallest absolute Gasteiger partial charge is 0.257 e. The second kappa shape index (κ2) is 8.71. The highest BCUT2D eigenvalue weighted by atomic mass is 16.2. The highest BCUT2D eigenvalue weighted by molar-refractivity contribution is 5.93. The van der Waals surface area contributed by atoms with Gasteiger partial charge < -0.3 is 14.7 Å². The summed E-state index contributed by atoms with van der Waals surface area (Å²) < 4.78 is 0. The van der Waals surface area contributed by atoms with Crippen molar-refractivity contribution in [1.29, 1.82) is 0 Å². The van der Waals surface area contributed by atoms with E-state index in [0.29, 0.717) is 5.56 Å². The Morgan fingerprint density at radius 1 is 1.05 bits per heavy atom. The molecule has 1 aromatic heterocycles. The summed E-state index contributed by atoms with van der Waals surface area (Å²) in [5, 5.41) is 6.55. The summed E-state index contributed by atoms with van der Waals surface area (Å²) in [6.45, 7) is 3.55. The summed E-state index contributed by atoms with van der Waals surface area (Å²) in [4.78, 5) is 18.6. The standard InChI is InChI=1S/C14H27N5O/c1-17(2)7-5-9-19(10-6-8-18(3)4)14(20)13-11-15-16-12-13/h11-12H,5-10H2,1-4H3,(H,15,16). The highest BCUT2D eigenvalue weighted by Gasteiger charge is 2.16. The molecule has 1 rings (SSSR count). The van der Waals surface area contributed by atoms with E-state index in [2.05, 4.69) is 20.0 Å². The van der Waals surface area contributed by atoms with Crippen molar-refractivity contribution in [2.45, 2.75) is 12.8 Å². The molecule has 1 aromatic rings. The number of carbonyl (C=O) groups is 1. The molecule has 0 spiro atoms. The van der Waals surface area contributed by atoms with E-state index in [4.69, 9.17) is 0 Å². The van der Waals surface area contributed by atoms with Crippen molar-refractivity contribution in [2.24, 2.45) is 0 Å². The van der Waals surface area contributed by atoms with Gasteiger partial charge >= 0.3 is 0 Å². The first-order chi connectivity index (χ1) is 9.50. The minimum atomic E-state index is 0.0660. The average Bonchev–Trinajstić information content (AvgIpc) is 2.89. The molecule has 1 heterocycles. The lowest BCUT2D eigenvalue weighted by atomic mass is 10.2. The van der Waals surface area contributed by atoms with Crippen molar-refractivity contribution in [3.8, 4) is 0 Å². The zero-order valence-electron chi connectivity index (χ0n) is 13.1. The molecule has 0 saturated carbocycles. The van der Waals surface area contributed by atoms with Gasteiger partial charge in [0.05, 0.1) is 11.8 Å². The SMILES string of the molecule is CN(C)CCCN(CCCN(C)C)C(=O)c1cn[nH]c1. The fourth-order valence-electron chi connectivity index (χ4n) is 2.02. The second-order valence-corrected chi connectivity index (χ2v) is 5.59. The average molecular weight is 281 g/mol. The number of rotatable bonds is 9. The summed E-state index contributed by atoms with van der Waals surface area (Å²) in [6, 6.07) is 0. The molecular weight excluding hydrogens is 254 g/mol. The molecule has 1 amide bonds. The molecule has 0 radical (unpaired) electrons. The van der Waals surface area contributed by atoms with Crippen LogP contribution in [0.25, 0.3) is 0 Å². The van der Waals surface area contributed by atoms with Crippen molar-refractivity contribution in [2.75, 3.05) is 54.4 Å². The number of H-pyrrole nitrogens is 1. The van der Waals surface area contributed by atoms with E-state index < -0.39 is 0 Å². The molecule has 20 heavy (non-hydrogen) atoms. The van der Waals surface area contributed by atoms with Crippen LogP contribution in [-0.4, -0.2) is 85.2 Å². The first-order valence-corrected chi connectivity index (χ1v) is 7.08. The van der Waals surface area contributed by atoms with Gasteiger partial charge in [-0.1, -0.05) is 0 Å². The molecule has 0 unspecified atom stereocenters. The molecule has 0 bridgehead atoms. The highest BCUT2D eigenvalue weighted by Crippen LogP contribution is 2.05. The van der Waals surface area contributed by atoms with E-state index in [1.54, 1.807) is 12.4 Å². The van der Waals surface area contributed by atoms with Gasteiger partial charge in [0.2, 0.25) is 0 Å². The summed E-state index contributed by atoms with van der Waals surface area (Å²) in [5.41, 5.74) is 0.639. The van der Waals surface area contributed by atoms with Crippen molar-refractivity contribution in [1.82, 2.24) is 24.9 Å². The number of nitrogens with zero attached hydrogens (tertiary/aromatic N) is 4. The molecule has 0 saturated heterocycles. The predicted molar refractivity (Wildman–Crippen MR) is 80.8 cm³/mol. The van der Waals surface area contributed by atoms with E-state index >= 15 is 0 Å². The van der Waals surface area contributed by atoms with Gasteiger partial charge in [-0.2, -0.15) is 5.10 Å². The molecule has 0 aromatic carbocycles. The molecule has 0 fully saturated rings. The van der Waals surface area contributed by atoms with Crippen molar-refractivity contribution >= 4 is 5.91 Å². The maximum absolute atomic E-state index is 12.4. The molecule has 6 heteroatoms. The van der Waals surface area contributed by atoms with Crippen LogP contribution in [0.15, 0.2) is 12.4 Å². The number of amides is 1. The Morgan fingerprint density at radius 2 is 1.60 bits per heavy atom. The molecular formula is C14H27N5O. The lowest BCUT2D eigenvalue weighted by Crippen LogP contribution is -2.35. The third-order valence-corrected chi connectivity index (χ3v) is 3.10. The normalized spacial score (nSPS) is 11.3. The van der Waals surface area contributed by atoms with Crippen molar-refractivity contribution in [3.05, 3.63) is 18.0 Å². The van der Waals surface area contributed by atoms with Crippen LogP contribution >= 0.6 is 0 Å². The molecule has 0 aliphatic heterocycles. The zero-order chi connectivity index (χ0) is 15.0. The van der Waals surface area contributed by atoms with Gasteiger partial charge in [-0.25, -0.2) is 0 Å². The van der Waals surface area contributed by atoms with Gasteiger partial charge in [0.1, 0.15) is 0 Å². The van der Waals surface area contributed by atoms with Gasteiger partial charge in [-0.3, -0.25) is 9.89 Å². The maximum atomic E-state index is 12.4. The minimum absolute atomic E-state index is 0.0660. The number of carbonyl (C=O) groups excluding carboxylic acids is 1. The first-order valence-electron chi connectivity index (χ1n) is 7.08. The van der Waals surface area contributed by atoms with Crippen LogP contribution in [0.1, 0.15) is 23.2 Å². The lowest BCUT2D eigenvalue weighted by Gasteiger charge is -2.23. The van der Waals surface area contributed by atoms with Crippen LogP contribution in [-0.2, 0) is 0 Å². The number of aromatic nitrogens is 2. The maximum Gasteiger partial charge on any atom is 0.257 e. The fourth-order valence-corrected chi connectivity index (χ4v) is 2.02. The van der Waals surface area contributed by atoms with Gasteiger partial charge in [-0.15, -0.1) is 0 Å². The molecule has 1 N–H and O–H groups in total. The fraction of sp³-hybridized carbons (Fsp3) is 0.714. The minimum Gasteiger partial charge on any atom is -0.338 e. The van der Waals surface area contributed by atoms with E-state index in [-0.39, 0.29) is 5.91 Å². The Hall–Kier alpha value is -1.40. The summed E-state index contributed by atoms with van der Waals surface area (Å²) >= 11 is 0. The third kappa shape index (κ3) is 6.16. The van der Waals surface area contributed by atoms with Crippen molar-refractivity contribution in [3.63, 3.8) is 0 Å². The van der Waals surface area contributed by atoms with Crippen LogP contribution < -0.4 is 0 Å². The predicted octanol–water partition coefficient (Wildman–Crippen LogP) is 0.755.